The van der Waals surface area contributed by atoms with Crippen LogP contribution in [0.15, 0.2) is 40.0 Å². The van der Waals surface area contributed by atoms with Gasteiger partial charge in [-0.1, -0.05) is 38.5 Å². The molecule has 1 unspecified atom stereocenters. The Labute approximate surface area is 267 Å². The SMILES string of the molecule is CC1CN(C(=O)CCCCCCCCCCN)CCN1Cc1c(-c2ccncc2OCC2CC2)c2occc2c(=O)n1C.Cl. The molecule has 1 saturated heterocycles. The van der Waals surface area contributed by atoms with Crippen molar-refractivity contribution in [3.8, 4) is 16.9 Å². The Bertz CT molecular complexity index is 1420. The number of nitrogens with zero attached hydrogens (tertiary/aromatic N) is 4. The zero-order chi connectivity index (χ0) is 30.2. The largest absolute Gasteiger partial charge is 0.491 e. The predicted octanol–water partition coefficient (Wildman–Crippen LogP) is 5.91. The lowest BCUT2D eigenvalue weighted by molar-refractivity contribution is -0.134. The molecule has 1 aliphatic carbocycles. The third-order valence-electron chi connectivity index (χ3n) is 9.16. The van der Waals surface area contributed by atoms with E-state index in [1.807, 2.05) is 18.0 Å². The molecule has 0 aromatic carbocycles. The molecule has 10 heteroatoms. The maximum atomic E-state index is 13.4. The fourth-order valence-corrected chi connectivity index (χ4v) is 6.22. The molecule has 2 aliphatic rings. The van der Waals surface area contributed by atoms with Crippen LogP contribution in [0.2, 0.25) is 0 Å². The lowest BCUT2D eigenvalue weighted by Crippen LogP contribution is -2.53. The number of carbonyl (C=O) groups excluding carboxylic acids is 1. The Kier molecular flexibility index (Phi) is 12.7. The van der Waals surface area contributed by atoms with Crippen molar-refractivity contribution in [3.05, 3.63) is 46.8 Å². The summed E-state index contributed by atoms with van der Waals surface area (Å²) in [4.78, 5) is 35.1. The van der Waals surface area contributed by atoms with Crippen LogP contribution in [0.3, 0.4) is 0 Å². The summed E-state index contributed by atoms with van der Waals surface area (Å²) in [5.41, 5.74) is 8.71. The first kappa shape index (κ1) is 34.0. The van der Waals surface area contributed by atoms with E-state index in [1.54, 1.807) is 29.3 Å². The van der Waals surface area contributed by atoms with Gasteiger partial charge in [-0.3, -0.25) is 19.5 Å². The van der Waals surface area contributed by atoms with Crippen LogP contribution in [0.1, 0.15) is 83.2 Å². The number of furan rings is 1. The summed E-state index contributed by atoms with van der Waals surface area (Å²) >= 11 is 0. The van der Waals surface area contributed by atoms with E-state index >= 15 is 0 Å². The topological polar surface area (TPSA) is 107 Å². The van der Waals surface area contributed by atoms with E-state index < -0.39 is 0 Å². The number of pyridine rings is 2. The smallest absolute Gasteiger partial charge is 0.261 e. The number of rotatable bonds is 16. The molecule has 3 aromatic rings. The Morgan fingerprint density at radius 2 is 1.80 bits per heavy atom. The molecule has 2 fully saturated rings. The van der Waals surface area contributed by atoms with Gasteiger partial charge in [0.05, 0.1) is 24.5 Å². The van der Waals surface area contributed by atoms with Crippen molar-refractivity contribution in [2.45, 2.75) is 90.1 Å². The maximum Gasteiger partial charge on any atom is 0.261 e. The van der Waals surface area contributed by atoms with Crippen LogP contribution in [-0.4, -0.2) is 64.1 Å². The van der Waals surface area contributed by atoms with Gasteiger partial charge in [-0.25, -0.2) is 0 Å². The zero-order valence-electron chi connectivity index (χ0n) is 26.5. The van der Waals surface area contributed by atoms with Crippen LogP contribution in [0, 0.1) is 5.92 Å². The van der Waals surface area contributed by atoms with Crippen LogP contribution >= 0.6 is 12.4 Å². The fraction of sp³-hybridized carbons (Fsp3) is 0.618. The molecule has 3 aromatic heterocycles. The standard InChI is InChI=1S/C34H49N5O4.ClH/c1-25-22-39(31(40)11-9-7-5-3-4-6-8-10-16-35)19-18-38(25)23-29-32(33-28(15-20-42-33)34(41)37(29)2)27-14-17-36-21-30(27)43-24-26-12-13-26;/h14-15,17,20-21,25-26H,3-13,16,18-19,22-24,35H2,1-2H3;1H. The highest BCUT2D eigenvalue weighted by Gasteiger charge is 2.30. The van der Waals surface area contributed by atoms with Crippen LogP contribution in [0.4, 0.5) is 0 Å². The number of hydrogen-bond acceptors (Lipinski definition) is 7. The molecule has 0 bridgehead atoms. The minimum Gasteiger partial charge on any atom is -0.491 e. The quantitative estimate of drug-likeness (QED) is 0.197. The molecule has 1 atom stereocenters. The number of piperazine rings is 1. The first-order valence-corrected chi connectivity index (χ1v) is 16.4. The number of amides is 1. The predicted molar refractivity (Wildman–Crippen MR) is 177 cm³/mol. The summed E-state index contributed by atoms with van der Waals surface area (Å²) in [6.07, 6.45) is 17.5. The molecule has 9 nitrogen and oxygen atoms in total. The first-order chi connectivity index (χ1) is 21.0. The summed E-state index contributed by atoms with van der Waals surface area (Å²) in [5.74, 6) is 1.57. The molecule has 0 spiro atoms. The van der Waals surface area contributed by atoms with Crippen molar-refractivity contribution in [2.75, 3.05) is 32.8 Å². The van der Waals surface area contributed by atoms with Gasteiger partial charge in [0.2, 0.25) is 5.91 Å². The second-order valence-electron chi connectivity index (χ2n) is 12.5. The number of fused-ring (bicyclic) bond motifs is 1. The van der Waals surface area contributed by atoms with Crippen LogP contribution in [0.5, 0.6) is 5.75 Å². The Morgan fingerprint density at radius 1 is 1.07 bits per heavy atom. The fourth-order valence-electron chi connectivity index (χ4n) is 6.22. The van der Waals surface area contributed by atoms with E-state index in [-0.39, 0.29) is 29.9 Å². The van der Waals surface area contributed by atoms with E-state index in [4.69, 9.17) is 14.9 Å². The van der Waals surface area contributed by atoms with E-state index in [0.29, 0.717) is 55.3 Å². The van der Waals surface area contributed by atoms with Gasteiger partial charge < -0.3 is 24.4 Å². The highest BCUT2D eigenvalue weighted by Crippen LogP contribution is 2.38. The van der Waals surface area contributed by atoms with Gasteiger partial charge in [-0.2, -0.15) is 0 Å². The Morgan fingerprint density at radius 3 is 2.50 bits per heavy atom. The Balaban J connectivity index is 0.00000442. The minimum absolute atomic E-state index is 0. The zero-order valence-corrected chi connectivity index (χ0v) is 27.3. The lowest BCUT2D eigenvalue weighted by atomic mass is 10.0. The summed E-state index contributed by atoms with van der Waals surface area (Å²) in [6.45, 7) is 6.34. The first-order valence-electron chi connectivity index (χ1n) is 16.4. The van der Waals surface area contributed by atoms with Gasteiger partial charge in [-0.05, 0) is 57.2 Å². The lowest BCUT2D eigenvalue weighted by Gasteiger charge is -2.40. The van der Waals surface area contributed by atoms with Crippen LogP contribution in [-0.2, 0) is 18.4 Å². The second-order valence-corrected chi connectivity index (χ2v) is 12.5. The number of ether oxygens (including phenoxy) is 1. The van der Waals surface area contributed by atoms with Crippen molar-refractivity contribution in [1.82, 2.24) is 19.4 Å². The molecule has 44 heavy (non-hydrogen) atoms. The van der Waals surface area contributed by atoms with Crippen LogP contribution < -0.4 is 16.0 Å². The van der Waals surface area contributed by atoms with Crippen molar-refractivity contribution in [1.29, 1.82) is 0 Å². The molecule has 1 saturated carbocycles. The van der Waals surface area contributed by atoms with E-state index in [1.165, 1.54) is 44.9 Å². The van der Waals surface area contributed by atoms with Gasteiger partial charge in [-0.15, -0.1) is 12.4 Å². The molecule has 1 aliphatic heterocycles. The van der Waals surface area contributed by atoms with Gasteiger partial charge in [0, 0.05) is 68.7 Å². The third-order valence-corrected chi connectivity index (χ3v) is 9.16. The maximum absolute atomic E-state index is 13.4. The summed E-state index contributed by atoms with van der Waals surface area (Å²) in [7, 11) is 1.84. The highest BCUT2D eigenvalue weighted by molar-refractivity contribution is 5.94. The number of hydrogen-bond donors (Lipinski definition) is 1. The molecular weight excluding hydrogens is 578 g/mol. The van der Waals surface area contributed by atoms with Crippen LogP contribution in [0.25, 0.3) is 22.1 Å². The summed E-state index contributed by atoms with van der Waals surface area (Å²) < 4.78 is 13.9. The third kappa shape index (κ3) is 8.43. The highest BCUT2D eigenvalue weighted by atomic mass is 35.5. The number of halogens is 1. The van der Waals surface area contributed by atoms with Gasteiger partial charge in [0.1, 0.15) is 11.3 Å². The molecule has 2 N–H and O–H groups in total. The molecule has 1 amide bonds. The number of unbranched alkanes of at least 4 members (excludes halogenated alkanes) is 7. The van der Waals surface area contributed by atoms with E-state index in [9.17, 15) is 9.59 Å². The average molecular weight is 628 g/mol. The molecular formula is C34H50ClN5O4. The van der Waals surface area contributed by atoms with Gasteiger partial charge in [0.15, 0.2) is 0 Å². The molecule has 0 radical (unpaired) electrons. The minimum atomic E-state index is -0.0750. The van der Waals surface area contributed by atoms with Gasteiger partial charge in [0.25, 0.3) is 5.56 Å². The molecule has 4 heterocycles. The number of carbonyl (C=O) groups is 1. The monoisotopic (exact) mass is 627 g/mol. The number of nitrogens with two attached hydrogens (primary N) is 1. The molecule has 242 valence electrons. The second kappa shape index (κ2) is 16.4. The Hall–Kier alpha value is -2.88. The summed E-state index contributed by atoms with van der Waals surface area (Å²) in [6, 6.07) is 3.85. The van der Waals surface area contributed by atoms with E-state index in [2.05, 4.69) is 16.8 Å². The van der Waals surface area contributed by atoms with Crippen molar-refractivity contribution >= 4 is 29.3 Å². The van der Waals surface area contributed by atoms with E-state index in [0.717, 1.165) is 49.2 Å². The van der Waals surface area contributed by atoms with Crippen molar-refractivity contribution < 1.29 is 13.9 Å². The van der Waals surface area contributed by atoms with Crippen molar-refractivity contribution in [3.63, 3.8) is 0 Å². The summed E-state index contributed by atoms with van der Waals surface area (Å²) in [5, 5.41) is 0.557. The average Bonchev–Trinajstić information content (AvgIpc) is 3.72. The number of aromatic nitrogens is 2. The normalized spacial score (nSPS) is 17.2. The van der Waals surface area contributed by atoms with Gasteiger partial charge >= 0.3 is 0 Å². The van der Waals surface area contributed by atoms with Crippen molar-refractivity contribution in [2.24, 2.45) is 18.7 Å². The molecule has 5 rings (SSSR count).